The maximum atomic E-state index is 13.2. The lowest BCUT2D eigenvalue weighted by Gasteiger charge is -2.35. The molecule has 2 fully saturated rings. The van der Waals surface area contributed by atoms with Crippen LogP contribution in [0.2, 0.25) is 0 Å². The third-order valence-electron chi connectivity index (χ3n) is 7.42. The Labute approximate surface area is 184 Å². The summed E-state index contributed by atoms with van der Waals surface area (Å²) in [6, 6.07) is 1.74. The van der Waals surface area contributed by atoms with Crippen LogP contribution in [0.5, 0.6) is 0 Å². The van der Waals surface area contributed by atoms with Crippen molar-refractivity contribution < 1.29 is 4.79 Å². The van der Waals surface area contributed by atoms with E-state index in [0.29, 0.717) is 5.69 Å². The van der Waals surface area contributed by atoms with Crippen LogP contribution in [0.25, 0.3) is 0 Å². The molecule has 0 radical (unpaired) electrons. The van der Waals surface area contributed by atoms with Gasteiger partial charge in [-0.3, -0.25) is 9.48 Å². The minimum Gasteiger partial charge on any atom is -0.356 e. The number of carbonyl (C=O) groups excluding carboxylic acids is 1. The van der Waals surface area contributed by atoms with E-state index in [4.69, 9.17) is 9.97 Å². The van der Waals surface area contributed by atoms with Gasteiger partial charge in [0.1, 0.15) is 11.5 Å². The lowest BCUT2D eigenvalue weighted by Crippen LogP contribution is -2.37. The van der Waals surface area contributed by atoms with Gasteiger partial charge >= 0.3 is 0 Å². The quantitative estimate of drug-likeness (QED) is 0.749. The number of aromatic nitrogens is 4. The molecule has 166 valence electrons. The molecule has 31 heavy (non-hydrogen) atoms. The molecule has 2 aliphatic heterocycles. The lowest BCUT2D eigenvalue weighted by atomic mass is 9.88. The van der Waals surface area contributed by atoms with Crippen molar-refractivity contribution in [3.05, 3.63) is 35.0 Å². The second-order valence-corrected chi connectivity index (χ2v) is 9.52. The number of fused-ring (bicyclic) bond motifs is 1. The van der Waals surface area contributed by atoms with Crippen molar-refractivity contribution in [1.29, 1.82) is 0 Å². The summed E-state index contributed by atoms with van der Waals surface area (Å²) in [7, 11) is 1.82. The Balaban J connectivity index is 1.43. The highest BCUT2D eigenvalue weighted by Gasteiger charge is 2.35. The molecule has 7 nitrogen and oxygen atoms in total. The first-order chi connectivity index (χ1) is 15.1. The monoisotopic (exact) mass is 422 g/mol. The fraction of sp³-hybridized carbons (Fsp3) is 0.667. The van der Waals surface area contributed by atoms with Crippen LogP contribution in [0, 0.1) is 12.8 Å². The van der Waals surface area contributed by atoms with E-state index in [1.54, 1.807) is 16.9 Å². The molecule has 0 spiro atoms. The number of rotatable bonds is 4. The zero-order chi connectivity index (χ0) is 21.4. The van der Waals surface area contributed by atoms with E-state index in [-0.39, 0.29) is 11.9 Å². The number of aryl methyl sites for hydroxylation is 2. The fourth-order valence-corrected chi connectivity index (χ4v) is 5.73. The third-order valence-corrected chi connectivity index (χ3v) is 7.42. The number of nitrogens with zero attached hydrogens (tertiary/aromatic N) is 6. The highest BCUT2D eigenvalue weighted by molar-refractivity contribution is 5.93. The van der Waals surface area contributed by atoms with Gasteiger partial charge in [0.2, 0.25) is 0 Å². The van der Waals surface area contributed by atoms with Crippen LogP contribution in [0.1, 0.15) is 85.0 Å². The molecule has 5 rings (SSSR count). The second-order valence-electron chi connectivity index (χ2n) is 9.52. The molecule has 0 aromatic carbocycles. The van der Waals surface area contributed by atoms with E-state index in [1.165, 1.54) is 44.1 Å². The predicted octanol–water partition coefficient (Wildman–Crippen LogP) is 3.83. The van der Waals surface area contributed by atoms with Crippen molar-refractivity contribution in [3.63, 3.8) is 0 Å². The number of hydrogen-bond acceptors (Lipinski definition) is 5. The van der Waals surface area contributed by atoms with Crippen LogP contribution in [-0.4, -0.2) is 50.2 Å². The van der Waals surface area contributed by atoms with Gasteiger partial charge in [0, 0.05) is 44.1 Å². The molecule has 2 aromatic rings. The summed E-state index contributed by atoms with van der Waals surface area (Å²) in [5, 5.41) is 4.18. The number of anilines is 1. The van der Waals surface area contributed by atoms with E-state index in [1.807, 2.05) is 11.9 Å². The lowest BCUT2D eigenvalue weighted by molar-refractivity contribution is 0.0718. The van der Waals surface area contributed by atoms with Crippen molar-refractivity contribution in [2.45, 2.75) is 70.8 Å². The van der Waals surface area contributed by atoms with E-state index in [0.717, 1.165) is 62.2 Å². The van der Waals surface area contributed by atoms with Gasteiger partial charge in [-0.1, -0.05) is 19.3 Å². The molecule has 4 heterocycles. The van der Waals surface area contributed by atoms with E-state index in [2.05, 4.69) is 16.9 Å². The molecule has 1 atom stereocenters. The van der Waals surface area contributed by atoms with Crippen LogP contribution in [0.3, 0.4) is 0 Å². The second kappa shape index (κ2) is 8.60. The molecular weight excluding hydrogens is 388 g/mol. The Morgan fingerprint density at radius 3 is 2.68 bits per heavy atom. The molecule has 0 bridgehead atoms. The average Bonchev–Trinajstić information content (AvgIpc) is 3.44. The molecule has 1 saturated carbocycles. The first kappa shape index (κ1) is 20.5. The van der Waals surface area contributed by atoms with E-state index in [9.17, 15) is 4.79 Å². The zero-order valence-electron chi connectivity index (χ0n) is 18.9. The van der Waals surface area contributed by atoms with Crippen LogP contribution >= 0.6 is 0 Å². The third kappa shape index (κ3) is 3.94. The summed E-state index contributed by atoms with van der Waals surface area (Å²) in [5.74, 6) is 2.77. The molecule has 7 heteroatoms. The van der Waals surface area contributed by atoms with Crippen molar-refractivity contribution in [3.8, 4) is 0 Å². The number of likely N-dealkylation sites (tertiary alicyclic amines) is 1. The first-order valence-corrected chi connectivity index (χ1v) is 12.0. The van der Waals surface area contributed by atoms with Gasteiger partial charge in [0.15, 0.2) is 5.82 Å². The van der Waals surface area contributed by atoms with Crippen LogP contribution < -0.4 is 4.90 Å². The van der Waals surface area contributed by atoms with Gasteiger partial charge < -0.3 is 9.80 Å². The Bertz CT molecular complexity index is 948. The van der Waals surface area contributed by atoms with E-state index >= 15 is 0 Å². The average molecular weight is 423 g/mol. The number of carbonyl (C=O) groups is 1. The smallest absolute Gasteiger partial charge is 0.272 e. The normalized spacial score (nSPS) is 22.1. The highest BCUT2D eigenvalue weighted by Crippen LogP contribution is 2.36. The maximum absolute atomic E-state index is 13.2. The maximum Gasteiger partial charge on any atom is 0.272 e. The summed E-state index contributed by atoms with van der Waals surface area (Å²) in [4.78, 5) is 27.8. The zero-order valence-corrected chi connectivity index (χ0v) is 18.9. The first-order valence-electron chi connectivity index (χ1n) is 12.0. The summed E-state index contributed by atoms with van der Waals surface area (Å²) in [6.45, 7) is 5.07. The van der Waals surface area contributed by atoms with Crippen molar-refractivity contribution in [2.75, 3.05) is 24.5 Å². The van der Waals surface area contributed by atoms with Crippen LogP contribution in [0.4, 0.5) is 5.82 Å². The SMILES string of the molecule is Cc1nc([C@@H]2CCCN2C(=O)c2ccnn2C)nc2c1CCCN2CC1CCCCC1. The summed E-state index contributed by atoms with van der Waals surface area (Å²) < 4.78 is 1.66. The van der Waals surface area contributed by atoms with Crippen molar-refractivity contribution >= 4 is 11.7 Å². The van der Waals surface area contributed by atoms with Crippen LogP contribution in [-0.2, 0) is 13.5 Å². The Kier molecular flexibility index (Phi) is 5.67. The molecule has 0 N–H and O–H groups in total. The molecule has 3 aliphatic rings. The fourth-order valence-electron chi connectivity index (χ4n) is 5.73. The van der Waals surface area contributed by atoms with Gasteiger partial charge in [-0.05, 0) is 57.4 Å². The van der Waals surface area contributed by atoms with Gasteiger partial charge in [0.25, 0.3) is 5.91 Å². The minimum atomic E-state index is -0.0511. The van der Waals surface area contributed by atoms with Gasteiger partial charge in [0.05, 0.1) is 6.04 Å². The Hall–Kier alpha value is -2.44. The predicted molar refractivity (Wildman–Crippen MR) is 120 cm³/mol. The Morgan fingerprint density at radius 2 is 1.90 bits per heavy atom. The van der Waals surface area contributed by atoms with Crippen LogP contribution in [0.15, 0.2) is 12.3 Å². The highest BCUT2D eigenvalue weighted by atomic mass is 16.2. The number of hydrogen-bond donors (Lipinski definition) is 0. The molecule has 0 unspecified atom stereocenters. The summed E-state index contributed by atoms with van der Waals surface area (Å²) in [6.07, 6.45) is 12.6. The molecule has 2 aromatic heterocycles. The van der Waals surface area contributed by atoms with Crippen molar-refractivity contribution in [2.24, 2.45) is 13.0 Å². The molecule has 1 amide bonds. The Morgan fingerprint density at radius 1 is 1.06 bits per heavy atom. The molecule has 1 saturated heterocycles. The number of amides is 1. The molecular formula is C24H34N6O. The van der Waals surface area contributed by atoms with Gasteiger partial charge in [-0.25, -0.2) is 9.97 Å². The largest absolute Gasteiger partial charge is 0.356 e. The van der Waals surface area contributed by atoms with Gasteiger partial charge in [-0.15, -0.1) is 0 Å². The summed E-state index contributed by atoms with van der Waals surface area (Å²) in [5.41, 5.74) is 3.03. The standard InChI is InChI=1S/C24H34N6O/c1-17-19-10-6-14-29(16-18-8-4-3-5-9-18)23(19)27-22(26-17)20-11-7-15-30(20)24(31)21-12-13-25-28(21)2/h12-13,18,20H,3-11,14-16H2,1-2H3/t20-/m0/s1. The van der Waals surface area contributed by atoms with Gasteiger partial charge in [-0.2, -0.15) is 5.10 Å². The minimum absolute atomic E-state index is 0.0283. The molecule has 1 aliphatic carbocycles. The van der Waals surface area contributed by atoms with Crippen molar-refractivity contribution in [1.82, 2.24) is 24.6 Å². The topological polar surface area (TPSA) is 67.2 Å². The summed E-state index contributed by atoms with van der Waals surface area (Å²) >= 11 is 0. The van der Waals surface area contributed by atoms with E-state index < -0.39 is 0 Å².